The van der Waals surface area contributed by atoms with Crippen LogP contribution in [0.4, 0.5) is 24.5 Å². The predicted octanol–water partition coefficient (Wildman–Crippen LogP) is 3.35. The first-order valence-corrected chi connectivity index (χ1v) is 6.42. The van der Waals surface area contributed by atoms with Gasteiger partial charge in [0.25, 0.3) is 0 Å². The number of rotatable bonds is 3. The summed E-state index contributed by atoms with van der Waals surface area (Å²) in [6.45, 7) is -0.939. The maximum Gasteiger partial charge on any atom is 0.405 e. The van der Waals surface area contributed by atoms with Gasteiger partial charge in [0.05, 0.1) is 11.2 Å². The van der Waals surface area contributed by atoms with Crippen molar-refractivity contribution in [2.24, 2.45) is 0 Å². The molecule has 0 bridgehead atoms. The number of benzene rings is 1. The van der Waals surface area contributed by atoms with Gasteiger partial charge in [-0.2, -0.15) is 13.2 Å². The quantitative estimate of drug-likeness (QED) is 0.877. The van der Waals surface area contributed by atoms with E-state index in [1.807, 2.05) is 0 Å². The molecule has 3 rings (SSSR count). The highest BCUT2D eigenvalue weighted by atomic mass is 19.4. The molecule has 0 aliphatic heterocycles. The molecule has 0 radical (unpaired) electrons. The first-order valence-electron chi connectivity index (χ1n) is 6.42. The fourth-order valence-electron chi connectivity index (χ4n) is 2.42. The maximum atomic E-state index is 12.8. The lowest BCUT2D eigenvalue weighted by molar-refractivity contribution is -0.119. The molecule has 20 heavy (non-hydrogen) atoms. The molecule has 0 amide bonds. The molecule has 1 aromatic heterocycles. The third kappa shape index (κ3) is 2.50. The molecule has 2 aromatic rings. The number of aromatic nitrogens is 1. The Kier molecular flexibility index (Phi) is 2.96. The number of fused-ring (bicyclic) bond motifs is 1. The second-order valence-electron chi connectivity index (χ2n) is 5.05. The van der Waals surface area contributed by atoms with Crippen LogP contribution >= 0.6 is 0 Å². The second kappa shape index (κ2) is 4.54. The normalized spacial score (nSPS) is 15.6. The third-order valence-electron chi connectivity index (χ3n) is 3.42. The molecule has 1 saturated carbocycles. The summed E-state index contributed by atoms with van der Waals surface area (Å²) in [7, 11) is 0. The van der Waals surface area contributed by atoms with Crippen molar-refractivity contribution in [2.75, 3.05) is 17.2 Å². The SMILES string of the molecule is Nc1ccc(N(CC(F)(F)F)C2CC2)c2cccnc12. The molecule has 1 aliphatic carbocycles. The lowest BCUT2D eigenvalue weighted by Crippen LogP contribution is -2.36. The fraction of sp³-hybridized carbons (Fsp3) is 0.357. The molecule has 6 heteroatoms. The van der Waals surface area contributed by atoms with Crippen molar-refractivity contribution in [3.8, 4) is 0 Å². The number of nitrogen functional groups attached to an aromatic ring is 1. The number of hydrogen-bond donors (Lipinski definition) is 1. The fourth-order valence-corrected chi connectivity index (χ4v) is 2.42. The van der Waals surface area contributed by atoms with Crippen LogP contribution in [0.15, 0.2) is 30.5 Å². The minimum atomic E-state index is -4.22. The monoisotopic (exact) mass is 281 g/mol. The largest absolute Gasteiger partial charge is 0.405 e. The minimum absolute atomic E-state index is 0.0383. The van der Waals surface area contributed by atoms with Gasteiger partial charge >= 0.3 is 6.18 Å². The van der Waals surface area contributed by atoms with Crippen LogP contribution in [0, 0.1) is 0 Å². The Balaban J connectivity index is 2.09. The molecule has 1 heterocycles. The maximum absolute atomic E-state index is 12.8. The topological polar surface area (TPSA) is 42.1 Å². The Morgan fingerprint density at radius 3 is 2.65 bits per heavy atom. The van der Waals surface area contributed by atoms with Gasteiger partial charge in [-0.15, -0.1) is 0 Å². The van der Waals surface area contributed by atoms with Gasteiger partial charge in [0.1, 0.15) is 6.54 Å². The molecule has 0 unspecified atom stereocenters. The number of nitrogens with two attached hydrogens (primary N) is 1. The standard InChI is InChI=1S/C14H14F3N3/c15-14(16,17)8-20(9-3-4-9)12-6-5-11(18)13-10(12)2-1-7-19-13/h1-2,5-7,9H,3-4,8,18H2. The van der Waals surface area contributed by atoms with E-state index in [4.69, 9.17) is 5.73 Å². The van der Waals surface area contributed by atoms with Gasteiger partial charge in [-0.1, -0.05) is 0 Å². The summed E-state index contributed by atoms with van der Waals surface area (Å²) < 4.78 is 38.3. The van der Waals surface area contributed by atoms with Crippen LogP contribution in [0.5, 0.6) is 0 Å². The number of anilines is 2. The number of halogens is 3. The van der Waals surface area contributed by atoms with Crippen molar-refractivity contribution < 1.29 is 13.2 Å². The van der Waals surface area contributed by atoms with Crippen LogP contribution in [0.2, 0.25) is 0 Å². The summed E-state index contributed by atoms with van der Waals surface area (Å²) in [5.74, 6) is 0. The van der Waals surface area contributed by atoms with Crippen LogP contribution < -0.4 is 10.6 Å². The van der Waals surface area contributed by atoms with Gasteiger partial charge in [0.15, 0.2) is 0 Å². The highest BCUT2D eigenvalue weighted by Crippen LogP contribution is 2.38. The van der Waals surface area contributed by atoms with E-state index in [9.17, 15) is 13.2 Å². The Morgan fingerprint density at radius 1 is 1.25 bits per heavy atom. The average molecular weight is 281 g/mol. The molecule has 3 nitrogen and oxygen atoms in total. The van der Waals surface area contributed by atoms with Gasteiger partial charge in [-0.25, -0.2) is 0 Å². The molecule has 0 atom stereocenters. The van der Waals surface area contributed by atoms with Gasteiger partial charge in [-0.05, 0) is 37.1 Å². The number of hydrogen-bond acceptors (Lipinski definition) is 3. The van der Waals surface area contributed by atoms with Crippen LogP contribution in [-0.2, 0) is 0 Å². The van der Waals surface area contributed by atoms with Crippen LogP contribution in [0.25, 0.3) is 10.9 Å². The number of alkyl halides is 3. The lowest BCUT2D eigenvalue weighted by atomic mass is 10.1. The average Bonchev–Trinajstić information content (AvgIpc) is 3.20. The lowest BCUT2D eigenvalue weighted by Gasteiger charge is -2.27. The summed E-state index contributed by atoms with van der Waals surface area (Å²) in [5, 5.41) is 0.670. The van der Waals surface area contributed by atoms with E-state index in [1.54, 1.807) is 30.5 Å². The molecule has 0 spiro atoms. The molecular weight excluding hydrogens is 267 g/mol. The summed E-state index contributed by atoms with van der Waals surface area (Å²) in [6.07, 6.45) is -1.05. The van der Waals surface area contributed by atoms with E-state index < -0.39 is 12.7 Å². The summed E-state index contributed by atoms with van der Waals surface area (Å²) in [4.78, 5) is 5.59. The van der Waals surface area contributed by atoms with Gasteiger partial charge in [0.2, 0.25) is 0 Å². The number of pyridine rings is 1. The Morgan fingerprint density at radius 2 is 2.00 bits per heavy atom. The Labute approximate surface area is 114 Å². The molecule has 0 saturated heterocycles. The van der Waals surface area contributed by atoms with Crippen molar-refractivity contribution in [3.63, 3.8) is 0 Å². The zero-order valence-corrected chi connectivity index (χ0v) is 10.7. The molecule has 1 aliphatic rings. The zero-order chi connectivity index (χ0) is 14.3. The Hall–Kier alpha value is -1.98. The van der Waals surface area contributed by atoms with E-state index in [-0.39, 0.29) is 6.04 Å². The van der Waals surface area contributed by atoms with Gasteiger partial charge in [0, 0.05) is 23.3 Å². The van der Waals surface area contributed by atoms with E-state index >= 15 is 0 Å². The molecule has 1 aromatic carbocycles. The minimum Gasteiger partial charge on any atom is -0.397 e. The van der Waals surface area contributed by atoms with Gasteiger partial charge < -0.3 is 10.6 Å². The van der Waals surface area contributed by atoms with Crippen molar-refractivity contribution in [1.29, 1.82) is 0 Å². The Bertz CT molecular complexity index is 635. The van der Waals surface area contributed by atoms with Crippen molar-refractivity contribution in [3.05, 3.63) is 30.5 Å². The molecular formula is C14H14F3N3. The van der Waals surface area contributed by atoms with Crippen LogP contribution in [0.1, 0.15) is 12.8 Å². The van der Waals surface area contributed by atoms with Crippen LogP contribution in [0.3, 0.4) is 0 Å². The first kappa shape index (κ1) is 13.0. The predicted molar refractivity (Wildman–Crippen MR) is 72.6 cm³/mol. The van der Waals surface area contributed by atoms with E-state index in [0.717, 1.165) is 12.8 Å². The summed E-state index contributed by atoms with van der Waals surface area (Å²) in [5.41, 5.74) is 7.43. The second-order valence-corrected chi connectivity index (χ2v) is 5.05. The molecule has 1 fully saturated rings. The van der Waals surface area contributed by atoms with E-state index in [1.165, 1.54) is 4.90 Å². The highest BCUT2D eigenvalue weighted by molar-refractivity contribution is 5.98. The van der Waals surface area contributed by atoms with Crippen LogP contribution in [-0.4, -0.2) is 23.7 Å². The van der Waals surface area contributed by atoms with Gasteiger partial charge in [-0.3, -0.25) is 4.98 Å². The van der Waals surface area contributed by atoms with Crippen molar-refractivity contribution in [2.45, 2.75) is 25.1 Å². The van der Waals surface area contributed by atoms with E-state index in [2.05, 4.69) is 4.98 Å². The smallest absolute Gasteiger partial charge is 0.397 e. The first-order chi connectivity index (χ1) is 9.46. The molecule has 2 N–H and O–H groups in total. The van der Waals surface area contributed by atoms with E-state index in [0.29, 0.717) is 22.3 Å². The molecule has 106 valence electrons. The highest BCUT2D eigenvalue weighted by Gasteiger charge is 2.38. The zero-order valence-electron chi connectivity index (χ0n) is 10.7. The summed E-state index contributed by atoms with van der Waals surface area (Å²) >= 11 is 0. The summed E-state index contributed by atoms with van der Waals surface area (Å²) in [6, 6.07) is 6.72. The van der Waals surface area contributed by atoms with Crippen molar-refractivity contribution in [1.82, 2.24) is 4.98 Å². The third-order valence-corrected chi connectivity index (χ3v) is 3.42. The van der Waals surface area contributed by atoms with Crippen molar-refractivity contribution >= 4 is 22.3 Å². The number of nitrogens with zero attached hydrogens (tertiary/aromatic N) is 2.